The molecule has 4 amide bonds. The van der Waals surface area contributed by atoms with Gasteiger partial charge in [-0.05, 0) is 60.1 Å². The van der Waals surface area contributed by atoms with Crippen LogP contribution in [0.3, 0.4) is 0 Å². The molecule has 7 aromatic rings. The molecule has 0 radical (unpaired) electrons. The Labute approximate surface area is 356 Å². The number of H-pyrrole nitrogens is 2. The van der Waals surface area contributed by atoms with Gasteiger partial charge in [0.2, 0.25) is 5.91 Å². The largest absolute Gasteiger partial charge is 0.453 e. The third kappa shape index (κ3) is 7.89. The molecule has 2 fully saturated rings. The van der Waals surface area contributed by atoms with E-state index in [2.05, 4.69) is 25.6 Å². The molecule has 4 atom stereocenters. The van der Waals surface area contributed by atoms with E-state index < -0.39 is 24.3 Å². The van der Waals surface area contributed by atoms with Gasteiger partial charge in [0, 0.05) is 30.5 Å². The average molecular weight is 833 g/mol. The first kappa shape index (κ1) is 39.8. The maximum atomic E-state index is 14.0. The first-order valence-electron chi connectivity index (χ1n) is 20.5. The minimum atomic E-state index is -0.909. The Morgan fingerprint density at radius 1 is 0.661 bits per heavy atom. The van der Waals surface area contributed by atoms with Gasteiger partial charge in [-0.15, -0.1) is 0 Å². The van der Waals surface area contributed by atoms with Crippen LogP contribution in [0.1, 0.15) is 72.5 Å². The van der Waals surface area contributed by atoms with Gasteiger partial charge in [0.15, 0.2) is 11.3 Å². The summed E-state index contributed by atoms with van der Waals surface area (Å²) in [6.45, 7) is 1.05. The molecule has 0 bridgehead atoms. The van der Waals surface area contributed by atoms with Gasteiger partial charge in [-0.25, -0.2) is 24.5 Å². The molecule has 2 saturated heterocycles. The molecule has 4 unspecified atom stereocenters. The zero-order valence-corrected chi connectivity index (χ0v) is 34.1. The quantitative estimate of drug-likeness (QED) is 0.110. The van der Waals surface area contributed by atoms with E-state index in [4.69, 9.17) is 24.4 Å². The van der Waals surface area contributed by atoms with Gasteiger partial charge in [-0.1, -0.05) is 84.9 Å². The predicted octanol–water partition coefficient (Wildman–Crippen LogP) is 7.08. The number of pyridine rings is 1. The minimum Gasteiger partial charge on any atom is -0.453 e. The summed E-state index contributed by atoms with van der Waals surface area (Å²) in [4.78, 5) is 82.0. The van der Waals surface area contributed by atoms with Crippen LogP contribution >= 0.6 is 0 Å². The monoisotopic (exact) mass is 832 g/mol. The molecule has 6 heterocycles. The van der Waals surface area contributed by atoms with Crippen molar-refractivity contribution in [2.75, 3.05) is 27.3 Å². The topological polar surface area (TPSA) is 200 Å². The zero-order chi connectivity index (χ0) is 42.7. The summed E-state index contributed by atoms with van der Waals surface area (Å²) in [6, 6.07) is 27.8. The second kappa shape index (κ2) is 17.2. The molecule has 4 N–H and O–H groups in total. The van der Waals surface area contributed by atoms with Crippen LogP contribution in [0.15, 0.2) is 109 Å². The van der Waals surface area contributed by atoms with Crippen molar-refractivity contribution in [2.24, 2.45) is 0 Å². The van der Waals surface area contributed by atoms with E-state index >= 15 is 0 Å². The van der Waals surface area contributed by atoms with Gasteiger partial charge in [0.25, 0.3) is 5.91 Å². The molecule has 0 aliphatic carbocycles. The molecular weight excluding hydrogens is 789 g/mol. The highest BCUT2D eigenvalue weighted by Gasteiger charge is 2.38. The first-order valence-corrected chi connectivity index (χ1v) is 20.5. The highest BCUT2D eigenvalue weighted by Crippen LogP contribution is 2.36. The number of hydrogen-bond donors (Lipinski definition) is 4. The van der Waals surface area contributed by atoms with Crippen LogP contribution < -0.4 is 10.6 Å². The number of carbonyl (C=O) groups excluding carboxylic acids is 4. The smallest absolute Gasteiger partial charge is 0.407 e. The van der Waals surface area contributed by atoms with Gasteiger partial charge >= 0.3 is 12.2 Å². The van der Waals surface area contributed by atoms with Crippen LogP contribution in [-0.2, 0) is 19.1 Å². The summed E-state index contributed by atoms with van der Waals surface area (Å²) in [7, 11) is 2.54. The molecule has 16 nitrogen and oxygen atoms in total. The predicted molar refractivity (Wildman–Crippen MR) is 229 cm³/mol. The van der Waals surface area contributed by atoms with E-state index in [0.717, 1.165) is 40.7 Å². The molecule has 0 saturated carbocycles. The Kier molecular flexibility index (Phi) is 11.0. The van der Waals surface area contributed by atoms with Crippen LogP contribution in [0, 0.1) is 0 Å². The van der Waals surface area contributed by atoms with Crippen molar-refractivity contribution in [3.63, 3.8) is 0 Å². The van der Waals surface area contributed by atoms with Gasteiger partial charge in [0.05, 0.1) is 43.7 Å². The second-order valence-corrected chi connectivity index (χ2v) is 15.3. The summed E-state index contributed by atoms with van der Waals surface area (Å²) in [5, 5.41) is 5.41. The Bertz CT molecular complexity index is 2650. The number of carbonyl (C=O) groups is 4. The van der Waals surface area contributed by atoms with Gasteiger partial charge < -0.3 is 39.9 Å². The minimum absolute atomic E-state index is 0.239. The third-order valence-corrected chi connectivity index (χ3v) is 11.6. The maximum Gasteiger partial charge on any atom is 0.407 e. The number of likely N-dealkylation sites (tertiary alicyclic amines) is 2. The van der Waals surface area contributed by atoms with Crippen molar-refractivity contribution >= 4 is 46.3 Å². The number of alkyl carbamates (subject to hydrolysis) is 2. The second-order valence-electron chi connectivity index (χ2n) is 15.3. The van der Waals surface area contributed by atoms with Gasteiger partial charge in [-0.2, -0.15) is 0 Å². The number of nitrogens with zero attached hydrogens (tertiary/aromatic N) is 6. The van der Waals surface area contributed by atoms with Gasteiger partial charge in [0.1, 0.15) is 23.4 Å². The van der Waals surface area contributed by atoms with E-state index in [1.807, 2.05) is 72.8 Å². The third-order valence-electron chi connectivity index (χ3n) is 11.6. The number of methoxy groups -OCH3 is 2. The van der Waals surface area contributed by atoms with Crippen molar-refractivity contribution < 1.29 is 28.7 Å². The summed E-state index contributed by atoms with van der Waals surface area (Å²) < 4.78 is 9.67. The standard InChI is InChI=1S/C46H44N10O6/c1-61-45(59)52-38(29-11-5-3-6-12-29)43(57)55-21-9-15-36(55)35-26-47-33-24-32(49-41(33)51-35)28-19-17-27(18-20-28)31-23-34-40(48-25-31)54-42(50-34)37-16-10-22-56(37)44(58)39(53-46(60)62-2)30-13-7-4-8-14-30/h3-8,11-14,17-20,23-26,36-39H,9-10,15-16,21-22H2,1-2H3,(H,49,51)(H,52,59)(H,53,60)(H,48,50,54). The Balaban J connectivity index is 0.910. The van der Waals surface area contributed by atoms with E-state index in [-0.39, 0.29) is 23.9 Å². The van der Waals surface area contributed by atoms with Crippen molar-refractivity contribution in [3.8, 4) is 22.4 Å². The number of nitrogens with one attached hydrogen (secondary N) is 4. The lowest BCUT2D eigenvalue weighted by molar-refractivity contribution is -0.135. The van der Waals surface area contributed by atoms with Crippen molar-refractivity contribution in [3.05, 3.63) is 132 Å². The summed E-state index contributed by atoms with van der Waals surface area (Å²) in [6.07, 6.45) is 5.14. The normalized spacial score (nSPS) is 17.2. The fourth-order valence-electron chi connectivity index (χ4n) is 8.51. The molecule has 9 rings (SSSR count). The molecular formula is C46H44N10O6. The Morgan fingerprint density at radius 3 is 1.85 bits per heavy atom. The highest BCUT2D eigenvalue weighted by atomic mass is 16.5. The Hall–Kier alpha value is -7.62. The fourth-order valence-corrected chi connectivity index (χ4v) is 8.51. The first-order chi connectivity index (χ1) is 30.3. The molecule has 2 aliphatic heterocycles. The number of benzene rings is 3. The molecule has 16 heteroatoms. The number of amides is 4. The van der Waals surface area contributed by atoms with E-state index in [1.54, 1.807) is 46.5 Å². The van der Waals surface area contributed by atoms with Crippen molar-refractivity contribution in [1.82, 2.24) is 50.3 Å². The molecule has 62 heavy (non-hydrogen) atoms. The van der Waals surface area contributed by atoms with Crippen molar-refractivity contribution in [2.45, 2.75) is 49.9 Å². The number of ether oxygens (including phenoxy) is 2. The SMILES string of the molecule is COC(=O)NC(C(=O)N1CCCC1c1cnc2cc(-c3ccc(-c4cnc5nc(C6CCCN6C(=O)C(NC(=O)OC)c6ccccc6)[nH]c5c4)cc3)[nH]c2n1)c1ccccc1. The van der Waals surface area contributed by atoms with E-state index in [9.17, 15) is 19.2 Å². The van der Waals surface area contributed by atoms with Gasteiger partial charge in [-0.3, -0.25) is 14.6 Å². The summed E-state index contributed by atoms with van der Waals surface area (Å²) in [5.74, 6) is 0.159. The number of aromatic amines is 2. The Morgan fingerprint density at radius 2 is 1.24 bits per heavy atom. The van der Waals surface area contributed by atoms with Crippen LogP contribution in [0.2, 0.25) is 0 Å². The molecule has 3 aromatic carbocycles. The highest BCUT2D eigenvalue weighted by molar-refractivity contribution is 5.89. The molecule has 2 aliphatic rings. The maximum absolute atomic E-state index is 14.0. The molecule has 0 spiro atoms. The fraction of sp³-hybridized carbons (Fsp3) is 0.261. The molecule has 4 aromatic heterocycles. The van der Waals surface area contributed by atoms with Crippen LogP contribution in [-0.4, -0.2) is 91.0 Å². The van der Waals surface area contributed by atoms with E-state index in [1.165, 1.54) is 14.2 Å². The number of imidazole rings is 1. The summed E-state index contributed by atoms with van der Waals surface area (Å²) in [5.41, 5.74) is 8.20. The average Bonchev–Trinajstić information content (AvgIpc) is 4.16. The number of fused-ring (bicyclic) bond motifs is 2. The van der Waals surface area contributed by atoms with Crippen LogP contribution in [0.25, 0.3) is 44.7 Å². The lowest BCUT2D eigenvalue weighted by atomic mass is 10.0. The zero-order valence-electron chi connectivity index (χ0n) is 34.1. The van der Waals surface area contributed by atoms with Crippen LogP contribution in [0.4, 0.5) is 9.59 Å². The number of hydrogen-bond acceptors (Lipinski definition) is 10. The number of aromatic nitrogens is 6. The lowest BCUT2D eigenvalue weighted by Gasteiger charge is -2.29. The molecule has 314 valence electrons. The van der Waals surface area contributed by atoms with Crippen molar-refractivity contribution in [1.29, 1.82) is 0 Å². The summed E-state index contributed by atoms with van der Waals surface area (Å²) >= 11 is 0. The van der Waals surface area contributed by atoms with Crippen LogP contribution in [0.5, 0.6) is 0 Å². The van der Waals surface area contributed by atoms with E-state index in [0.29, 0.717) is 65.4 Å². The number of rotatable bonds is 10. The lowest BCUT2D eigenvalue weighted by Crippen LogP contribution is -2.42.